The van der Waals surface area contributed by atoms with Crippen LogP contribution in [0.5, 0.6) is 0 Å². The van der Waals surface area contributed by atoms with Crippen LogP contribution < -0.4 is 5.32 Å². The lowest BCUT2D eigenvalue weighted by molar-refractivity contribution is -0.116. The molecule has 1 aromatic carbocycles. The molecule has 0 bridgehead atoms. The van der Waals surface area contributed by atoms with Crippen molar-refractivity contribution >= 4 is 39.3 Å². The van der Waals surface area contributed by atoms with Gasteiger partial charge in [-0.3, -0.25) is 9.48 Å². The van der Waals surface area contributed by atoms with Crippen molar-refractivity contribution in [3.8, 4) is 0 Å². The summed E-state index contributed by atoms with van der Waals surface area (Å²) in [5.41, 5.74) is 0.728. The van der Waals surface area contributed by atoms with Crippen LogP contribution in [0.15, 0.2) is 51.2 Å². The number of amides is 1. The second kappa shape index (κ2) is 8.26. The van der Waals surface area contributed by atoms with Crippen LogP contribution in [0.2, 0.25) is 0 Å². The summed E-state index contributed by atoms with van der Waals surface area (Å²) >= 11 is 4.84. The van der Waals surface area contributed by atoms with Gasteiger partial charge < -0.3 is 5.32 Å². The normalized spacial score (nSPS) is 10.8. The van der Waals surface area contributed by atoms with E-state index in [0.29, 0.717) is 18.1 Å². The van der Waals surface area contributed by atoms with E-state index in [1.807, 2.05) is 35.1 Å². The number of hydrogen-bond donors (Lipinski definition) is 1. The Kier molecular flexibility index (Phi) is 5.82. The quantitative estimate of drug-likeness (QED) is 0.630. The summed E-state index contributed by atoms with van der Waals surface area (Å²) in [7, 11) is 1.77. The number of aryl methyl sites for hydroxylation is 2. The van der Waals surface area contributed by atoms with Crippen molar-refractivity contribution in [2.75, 3.05) is 5.32 Å². The second-order valence-corrected chi connectivity index (χ2v) is 7.17. The molecule has 0 aliphatic heterocycles. The maximum absolute atomic E-state index is 12.3. The molecule has 1 N–H and O–H groups in total. The minimum absolute atomic E-state index is 0.0387. The van der Waals surface area contributed by atoms with E-state index < -0.39 is 0 Å². The van der Waals surface area contributed by atoms with Gasteiger partial charge in [-0.25, -0.2) is 4.68 Å². The van der Waals surface area contributed by atoms with E-state index >= 15 is 0 Å². The first-order valence-corrected chi connectivity index (χ1v) is 9.20. The molecule has 3 rings (SSSR count). The predicted octanol–water partition coefficient (Wildman–Crippen LogP) is 2.74. The Morgan fingerprint density at radius 2 is 2.28 bits per heavy atom. The minimum atomic E-state index is -0.0387. The summed E-state index contributed by atoms with van der Waals surface area (Å²) in [6.45, 7) is 0.713. The first-order valence-electron chi connectivity index (χ1n) is 7.59. The molecule has 0 atom stereocenters. The van der Waals surface area contributed by atoms with Crippen molar-refractivity contribution in [1.29, 1.82) is 0 Å². The summed E-state index contributed by atoms with van der Waals surface area (Å²) in [6, 6.07) is 7.58. The fraction of sp³-hybridized carbons (Fsp3) is 0.267. The lowest BCUT2D eigenvalue weighted by atomic mass is 10.2. The van der Waals surface area contributed by atoms with Gasteiger partial charge in [-0.1, -0.05) is 15.9 Å². The number of nitrogens with one attached hydrogen (secondary N) is 1. The molecule has 2 heterocycles. The maximum Gasteiger partial charge on any atom is 0.224 e. The van der Waals surface area contributed by atoms with Crippen molar-refractivity contribution in [2.24, 2.45) is 7.05 Å². The Hall–Kier alpha value is -2.20. The van der Waals surface area contributed by atoms with Crippen LogP contribution >= 0.6 is 27.7 Å². The number of carbonyl (C=O) groups excluding carboxylic acids is 1. The summed E-state index contributed by atoms with van der Waals surface area (Å²) in [4.78, 5) is 13.1. The zero-order chi connectivity index (χ0) is 17.6. The summed E-state index contributed by atoms with van der Waals surface area (Å²) in [5.74, 6) is -0.0387. The smallest absolute Gasteiger partial charge is 0.224 e. The minimum Gasteiger partial charge on any atom is -0.325 e. The largest absolute Gasteiger partial charge is 0.325 e. The van der Waals surface area contributed by atoms with Crippen molar-refractivity contribution in [1.82, 2.24) is 30.0 Å². The average molecular weight is 422 g/mol. The van der Waals surface area contributed by atoms with Gasteiger partial charge >= 0.3 is 0 Å². The lowest BCUT2D eigenvalue weighted by Gasteiger charge is -2.11. The highest BCUT2D eigenvalue weighted by molar-refractivity contribution is 9.10. The van der Waals surface area contributed by atoms with E-state index in [9.17, 15) is 4.79 Å². The summed E-state index contributed by atoms with van der Waals surface area (Å²) < 4.78 is 4.29. The van der Waals surface area contributed by atoms with Crippen LogP contribution in [0.4, 0.5) is 5.69 Å². The second-order valence-electron chi connectivity index (χ2n) is 5.25. The molecule has 0 spiro atoms. The molecular weight excluding hydrogens is 406 g/mol. The van der Waals surface area contributed by atoms with E-state index in [2.05, 4.69) is 41.9 Å². The number of nitrogens with zero attached hydrogens (tertiary/aromatic N) is 6. The molecule has 3 aromatic rings. The molecule has 25 heavy (non-hydrogen) atoms. The third-order valence-electron chi connectivity index (χ3n) is 3.35. The van der Waals surface area contributed by atoms with E-state index in [1.54, 1.807) is 17.9 Å². The number of hydrogen-bond acceptors (Lipinski definition) is 6. The molecule has 0 fully saturated rings. The lowest BCUT2D eigenvalue weighted by Crippen LogP contribution is -2.13. The Morgan fingerprint density at radius 3 is 3.00 bits per heavy atom. The molecule has 10 heteroatoms. The highest BCUT2D eigenvalue weighted by Crippen LogP contribution is 2.33. The van der Waals surface area contributed by atoms with Crippen molar-refractivity contribution in [3.63, 3.8) is 0 Å². The predicted molar refractivity (Wildman–Crippen MR) is 97.2 cm³/mol. The number of aromatic nitrogens is 6. The average Bonchev–Trinajstić information content (AvgIpc) is 3.22. The highest BCUT2D eigenvalue weighted by atomic mass is 79.9. The van der Waals surface area contributed by atoms with Crippen molar-refractivity contribution < 1.29 is 4.79 Å². The number of halogens is 1. The van der Waals surface area contributed by atoms with E-state index in [4.69, 9.17) is 0 Å². The Labute approximate surface area is 157 Å². The monoisotopic (exact) mass is 421 g/mol. The molecule has 2 aromatic heterocycles. The van der Waals surface area contributed by atoms with E-state index in [0.717, 1.165) is 21.5 Å². The van der Waals surface area contributed by atoms with Crippen molar-refractivity contribution in [3.05, 3.63) is 41.1 Å². The molecule has 0 aliphatic carbocycles. The molecule has 0 aliphatic rings. The van der Waals surface area contributed by atoms with Gasteiger partial charge in [0.05, 0.1) is 5.69 Å². The maximum atomic E-state index is 12.3. The van der Waals surface area contributed by atoms with Crippen LogP contribution in [-0.4, -0.2) is 35.9 Å². The molecule has 0 saturated heterocycles. The highest BCUT2D eigenvalue weighted by Gasteiger charge is 2.12. The summed E-state index contributed by atoms with van der Waals surface area (Å²) in [6.07, 6.45) is 4.75. The van der Waals surface area contributed by atoms with Crippen LogP contribution in [0.3, 0.4) is 0 Å². The topological polar surface area (TPSA) is 90.5 Å². The van der Waals surface area contributed by atoms with Crippen LogP contribution in [0, 0.1) is 0 Å². The zero-order valence-corrected chi connectivity index (χ0v) is 15.9. The van der Waals surface area contributed by atoms with Gasteiger partial charge in [0.15, 0.2) is 0 Å². The van der Waals surface area contributed by atoms with Crippen LogP contribution in [-0.2, 0) is 18.4 Å². The number of benzene rings is 1. The van der Waals surface area contributed by atoms with Gasteiger partial charge in [-0.05, 0) is 52.9 Å². The molecule has 130 valence electrons. The van der Waals surface area contributed by atoms with Gasteiger partial charge in [0.25, 0.3) is 0 Å². The molecule has 1 amide bonds. The third kappa shape index (κ3) is 4.89. The molecule has 8 nitrogen and oxygen atoms in total. The van der Waals surface area contributed by atoms with Gasteiger partial charge in [0.1, 0.15) is 0 Å². The fourth-order valence-electron chi connectivity index (χ4n) is 2.14. The van der Waals surface area contributed by atoms with Gasteiger partial charge in [0, 0.05) is 41.8 Å². The Bertz CT molecular complexity index is 849. The molecule has 0 radical (unpaired) electrons. The standard InChI is InChI=1S/C15H16BrN7OS/c1-22-15(19-20-21-22)25-13-6-5-11(16)10-12(13)18-14(24)4-2-8-23-9-3-7-17-23/h3,5-7,9-10H,2,4,8H2,1H3,(H,18,24). The third-order valence-corrected chi connectivity index (χ3v) is 4.95. The SMILES string of the molecule is Cn1nnnc1Sc1ccc(Br)cc1NC(=O)CCCn1cccn1. The Morgan fingerprint density at radius 1 is 1.40 bits per heavy atom. The summed E-state index contributed by atoms with van der Waals surface area (Å²) in [5, 5.41) is 19.1. The number of carbonyl (C=O) groups is 1. The van der Waals surface area contributed by atoms with Gasteiger partial charge in [-0.15, -0.1) is 5.10 Å². The van der Waals surface area contributed by atoms with Crippen molar-refractivity contribution in [2.45, 2.75) is 29.4 Å². The fourth-order valence-corrected chi connectivity index (χ4v) is 3.30. The van der Waals surface area contributed by atoms with E-state index in [-0.39, 0.29) is 5.91 Å². The number of anilines is 1. The van der Waals surface area contributed by atoms with Crippen LogP contribution in [0.1, 0.15) is 12.8 Å². The first kappa shape index (κ1) is 17.6. The molecular formula is C15H16BrN7OS. The van der Waals surface area contributed by atoms with Crippen LogP contribution in [0.25, 0.3) is 0 Å². The zero-order valence-electron chi connectivity index (χ0n) is 13.5. The van der Waals surface area contributed by atoms with E-state index in [1.165, 1.54) is 11.8 Å². The molecule has 0 saturated carbocycles. The first-order chi connectivity index (χ1) is 12.1. The Balaban J connectivity index is 1.63. The number of rotatable bonds is 7. The van der Waals surface area contributed by atoms with Gasteiger partial charge in [-0.2, -0.15) is 5.10 Å². The molecule has 0 unspecified atom stereocenters. The number of tetrazole rings is 1. The van der Waals surface area contributed by atoms with Gasteiger partial charge in [0.2, 0.25) is 11.1 Å².